The Morgan fingerprint density at radius 3 is 2.38 bits per heavy atom. The minimum Gasteiger partial charge on any atom is -0.489 e. The number of benzene rings is 2. The van der Waals surface area contributed by atoms with Crippen LogP contribution in [0.25, 0.3) is 6.08 Å². The van der Waals surface area contributed by atoms with Gasteiger partial charge in [-0.05, 0) is 59.8 Å². The molecule has 1 fully saturated rings. The molecule has 26 heavy (non-hydrogen) atoms. The number of nitrogens with one attached hydrogen (secondary N) is 2. The average molecular weight is 452 g/mol. The summed E-state index contributed by atoms with van der Waals surface area (Å²) in [6.45, 7) is 0.375. The number of rotatable bonds is 4. The van der Waals surface area contributed by atoms with E-state index in [0.717, 1.165) is 10.0 Å². The van der Waals surface area contributed by atoms with Crippen LogP contribution in [-0.2, 0) is 16.2 Å². The first-order valence-corrected chi connectivity index (χ1v) is 9.05. The Morgan fingerprint density at radius 1 is 1.08 bits per heavy atom. The smallest absolute Gasteiger partial charge is 0.263 e. The van der Waals surface area contributed by atoms with Crippen LogP contribution in [0.15, 0.2) is 52.5 Å². The fraction of sp³-hybridized carbons (Fsp3) is 0.0556. The molecule has 0 bridgehead atoms. The molecule has 0 aliphatic carbocycles. The van der Waals surface area contributed by atoms with Crippen molar-refractivity contribution in [2.24, 2.45) is 0 Å². The Labute approximate surface area is 168 Å². The van der Waals surface area contributed by atoms with Crippen LogP contribution in [0.2, 0.25) is 5.02 Å². The zero-order valence-electron chi connectivity index (χ0n) is 13.2. The van der Waals surface area contributed by atoms with Crippen molar-refractivity contribution in [3.8, 4) is 5.75 Å². The second-order valence-corrected chi connectivity index (χ2v) is 7.12. The summed E-state index contributed by atoms with van der Waals surface area (Å²) in [5.41, 5.74) is 1.42. The van der Waals surface area contributed by atoms with Crippen LogP contribution in [0, 0.1) is 0 Å². The molecule has 1 aliphatic rings. The molecule has 0 spiro atoms. The highest BCUT2D eigenvalue weighted by atomic mass is 79.9. The molecule has 1 saturated heterocycles. The third-order valence-electron chi connectivity index (χ3n) is 3.53. The molecular formula is C18H12BrClN2O3S. The maximum atomic E-state index is 11.9. The fourth-order valence-electron chi connectivity index (χ4n) is 2.23. The monoisotopic (exact) mass is 450 g/mol. The molecule has 5 nitrogen and oxygen atoms in total. The van der Waals surface area contributed by atoms with E-state index < -0.39 is 11.8 Å². The summed E-state index contributed by atoms with van der Waals surface area (Å²) in [5, 5.41) is 5.13. The number of ether oxygens (including phenoxy) is 1. The molecule has 0 unspecified atom stereocenters. The van der Waals surface area contributed by atoms with Crippen molar-refractivity contribution in [2.45, 2.75) is 6.61 Å². The second kappa shape index (κ2) is 7.99. The van der Waals surface area contributed by atoms with E-state index in [4.69, 9.17) is 28.6 Å². The van der Waals surface area contributed by atoms with Gasteiger partial charge in [0.25, 0.3) is 11.8 Å². The first-order valence-electron chi connectivity index (χ1n) is 7.47. The molecule has 8 heteroatoms. The average Bonchev–Trinajstić information content (AvgIpc) is 2.59. The lowest BCUT2D eigenvalue weighted by molar-refractivity contribution is -0.123. The maximum Gasteiger partial charge on any atom is 0.263 e. The molecule has 2 aromatic carbocycles. The van der Waals surface area contributed by atoms with Crippen molar-refractivity contribution < 1.29 is 14.3 Å². The number of hydrogen-bond donors (Lipinski definition) is 2. The molecule has 0 aromatic heterocycles. The number of thiocarbonyl (C=S) groups is 1. The quantitative estimate of drug-likeness (QED) is 0.423. The van der Waals surface area contributed by atoms with Gasteiger partial charge in [-0.15, -0.1) is 0 Å². The molecule has 132 valence electrons. The molecular weight excluding hydrogens is 440 g/mol. The number of carbonyl (C=O) groups is 2. The normalized spacial score (nSPS) is 13.9. The van der Waals surface area contributed by atoms with Crippen molar-refractivity contribution in [1.29, 1.82) is 0 Å². The lowest BCUT2D eigenvalue weighted by Gasteiger charge is -2.16. The SMILES string of the molecule is O=C1NC(=S)NC(=O)C1=Cc1cc(OCc2ccc(Br)cc2)ccc1Cl. The largest absolute Gasteiger partial charge is 0.489 e. The lowest BCUT2D eigenvalue weighted by atomic mass is 10.1. The number of hydrogen-bond acceptors (Lipinski definition) is 4. The molecule has 2 aromatic rings. The zero-order chi connectivity index (χ0) is 18.7. The van der Waals surface area contributed by atoms with Gasteiger partial charge in [0.05, 0.1) is 0 Å². The summed E-state index contributed by atoms with van der Waals surface area (Å²) in [4.78, 5) is 23.9. The summed E-state index contributed by atoms with van der Waals surface area (Å²) >= 11 is 14.3. The van der Waals surface area contributed by atoms with Gasteiger partial charge in [0.15, 0.2) is 5.11 Å². The maximum absolute atomic E-state index is 11.9. The summed E-state index contributed by atoms with van der Waals surface area (Å²) in [6, 6.07) is 12.8. The lowest BCUT2D eigenvalue weighted by Crippen LogP contribution is -2.51. The second-order valence-electron chi connectivity index (χ2n) is 5.39. The Bertz CT molecular complexity index is 907. The van der Waals surface area contributed by atoms with Gasteiger partial charge in [-0.25, -0.2) is 0 Å². The molecule has 2 N–H and O–H groups in total. The van der Waals surface area contributed by atoms with Crippen molar-refractivity contribution in [2.75, 3.05) is 0 Å². The molecule has 1 heterocycles. The van der Waals surface area contributed by atoms with Crippen molar-refractivity contribution in [1.82, 2.24) is 10.6 Å². The Hall–Kier alpha value is -2.22. The predicted octanol–water partition coefficient (Wildman–Crippen LogP) is 3.60. The van der Waals surface area contributed by atoms with Crippen LogP contribution in [0.3, 0.4) is 0 Å². The number of amides is 2. The zero-order valence-corrected chi connectivity index (χ0v) is 16.4. The van der Waals surface area contributed by atoms with E-state index >= 15 is 0 Å². The molecule has 2 amide bonds. The topological polar surface area (TPSA) is 67.4 Å². The first-order chi connectivity index (χ1) is 12.4. The molecule has 0 atom stereocenters. The van der Waals surface area contributed by atoms with Crippen LogP contribution in [0.5, 0.6) is 5.75 Å². The number of halogens is 2. The van der Waals surface area contributed by atoms with Gasteiger partial charge in [0, 0.05) is 9.50 Å². The molecule has 3 rings (SSSR count). The Morgan fingerprint density at radius 2 is 1.73 bits per heavy atom. The van der Waals surface area contributed by atoms with Crippen LogP contribution in [-0.4, -0.2) is 16.9 Å². The van der Waals surface area contributed by atoms with E-state index in [-0.39, 0.29) is 10.7 Å². The first kappa shape index (κ1) is 18.6. The van der Waals surface area contributed by atoms with Crippen molar-refractivity contribution >= 4 is 62.8 Å². The molecule has 1 aliphatic heterocycles. The minimum atomic E-state index is -0.573. The Balaban J connectivity index is 1.80. The van der Waals surface area contributed by atoms with Gasteiger partial charge < -0.3 is 4.74 Å². The summed E-state index contributed by atoms with van der Waals surface area (Å²) in [5.74, 6) is -0.580. The fourth-order valence-corrected chi connectivity index (χ4v) is 2.85. The van der Waals surface area contributed by atoms with Crippen LogP contribution in [0.1, 0.15) is 11.1 Å². The third kappa shape index (κ3) is 4.49. The van der Waals surface area contributed by atoms with Crippen LogP contribution in [0.4, 0.5) is 0 Å². The highest BCUT2D eigenvalue weighted by Crippen LogP contribution is 2.25. The van der Waals surface area contributed by atoms with E-state index in [9.17, 15) is 9.59 Å². The van der Waals surface area contributed by atoms with Gasteiger partial charge in [-0.1, -0.05) is 39.7 Å². The summed E-state index contributed by atoms with van der Waals surface area (Å²) in [7, 11) is 0. The molecule has 0 saturated carbocycles. The van der Waals surface area contributed by atoms with Crippen LogP contribution < -0.4 is 15.4 Å². The highest BCUT2D eigenvalue weighted by Gasteiger charge is 2.25. The molecule has 0 radical (unpaired) electrons. The van der Waals surface area contributed by atoms with Gasteiger partial charge in [0.2, 0.25) is 0 Å². The summed E-state index contributed by atoms with van der Waals surface area (Å²) in [6.07, 6.45) is 1.40. The predicted molar refractivity (Wildman–Crippen MR) is 107 cm³/mol. The third-order valence-corrected chi connectivity index (χ3v) is 4.61. The standard InChI is InChI=1S/C18H12BrClN2O3S/c19-12-3-1-10(2-4-12)9-25-13-5-6-15(20)11(7-13)8-14-16(23)21-18(26)22-17(14)24/h1-8H,9H2,(H2,21,22,23,24,26). The van der Waals surface area contributed by atoms with Gasteiger partial charge in [-0.3, -0.25) is 20.2 Å². The van der Waals surface area contributed by atoms with Crippen molar-refractivity contribution in [3.05, 3.63) is 68.7 Å². The highest BCUT2D eigenvalue weighted by molar-refractivity contribution is 9.10. The van der Waals surface area contributed by atoms with Gasteiger partial charge in [-0.2, -0.15) is 0 Å². The summed E-state index contributed by atoms with van der Waals surface area (Å²) < 4.78 is 6.75. The van der Waals surface area contributed by atoms with Crippen molar-refractivity contribution in [3.63, 3.8) is 0 Å². The Kier molecular flexibility index (Phi) is 5.70. The van der Waals surface area contributed by atoms with E-state index in [0.29, 0.717) is 22.9 Å². The van der Waals surface area contributed by atoms with Gasteiger partial charge >= 0.3 is 0 Å². The minimum absolute atomic E-state index is 0.0187. The van der Waals surface area contributed by atoms with E-state index in [1.165, 1.54) is 6.08 Å². The van der Waals surface area contributed by atoms with E-state index in [2.05, 4.69) is 26.6 Å². The number of carbonyl (C=O) groups excluding carboxylic acids is 2. The van der Waals surface area contributed by atoms with Crippen LogP contribution >= 0.6 is 39.7 Å². The van der Waals surface area contributed by atoms with Gasteiger partial charge in [0.1, 0.15) is 17.9 Å². The van der Waals surface area contributed by atoms with E-state index in [1.54, 1.807) is 18.2 Å². The van der Waals surface area contributed by atoms with E-state index in [1.807, 2.05) is 24.3 Å².